The number of hydrogen-bond donors (Lipinski definition) is 2. The van der Waals surface area contributed by atoms with Crippen LogP contribution in [0.4, 0.5) is 0 Å². The molecule has 0 aliphatic heterocycles. The molecule has 0 saturated heterocycles. The highest BCUT2D eigenvalue weighted by atomic mass is 16.5. The molecule has 0 saturated carbocycles. The van der Waals surface area contributed by atoms with Crippen LogP contribution in [0.15, 0.2) is 30.3 Å². The number of hydrazine groups is 1. The van der Waals surface area contributed by atoms with Gasteiger partial charge in [-0.25, -0.2) is 0 Å². The monoisotopic (exact) mass is 208 g/mol. The van der Waals surface area contributed by atoms with Crippen molar-refractivity contribution in [2.75, 3.05) is 6.61 Å². The molecule has 0 aliphatic carbocycles. The Labute approximate surface area is 91.6 Å². The van der Waals surface area contributed by atoms with Crippen LogP contribution in [0, 0.1) is 0 Å². The van der Waals surface area contributed by atoms with Gasteiger partial charge >= 0.3 is 0 Å². The zero-order valence-electron chi connectivity index (χ0n) is 9.44. The van der Waals surface area contributed by atoms with Crippen LogP contribution in [0.5, 0.6) is 0 Å². The number of hydrogen-bond acceptors (Lipinski definition) is 3. The van der Waals surface area contributed by atoms with Gasteiger partial charge in [-0.3, -0.25) is 11.3 Å². The van der Waals surface area contributed by atoms with Crippen molar-refractivity contribution in [2.24, 2.45) is 5.84 Å². The van der Waals surface area contributed by atoms with E-state index in [1.54, 1.807) is 0 Å². The van der Waals surface area contributed by atoms with Crippen LogP contribution >= 0.6 is 0 Å². The van der Waals surface area contributed by atoms with Gasteiger partial charge < -0.3 is 4.74 Å². The summed E-state index contributed by atoms with van der Waals surface area (Å²) >= 11 is 0. The average Bonchev–Trinajstić information content (AvgIpc) is 2.27. The van der Waals surface area contributed by atoms with Gasteiger partial charge in [0.25, 0.3) is 0 Å². The Hall–Kier alpha value is -0.900. The Bertz CT molecular complexity index is 264. The molecule has 0 aromatic heterocycles. The van der Waals surface area contributed by atoms with Gasteiger partial charge in [0, 0.05) is 6.61 Å². The standard InChI is InChI=1S/C12H20N2O/c1-3-15-10(2)12(14-13)9-11-7-5-4-6-8-11/h4-8,10,12,14H,3,9,13H2,1-2H3. The van der Waals surface area contributed by atoms with Crippen molar-refractivity contribution in [3.63, 3.8) is 0 Å². The van der Waals surface area contributed by atoms with Crippen molar-refractivity contribution < 1.29 is 4.74 Å². The molecule has 1 aromatic carbocycles. The van der Waals surface area contributed by atoms with Gasteiger partial charge in [0.15, 0.2) is 0 Å². The molecule has 3 nitrogen and oxygen atoms in total. The number of nitrogens with one attached hydrogen (secondary N) is 1. The van der Waals surface area contributed by atoms with Gasteiger partial charge in [-0.1, -0.05) is 30.3 Å². The normalized spacial score (nSPS) is 14.9. The van der Waals surface area contributed by atoms with Crippen LogP contribution in [0.25, 0.3) is 0 Å². The smallest absolute Gasteiger partial charge is 0.0716 e. The largest absolute Gasteiger partial charge is 0.377 e. The lowest BCUT2D eigenvalue weighted by atomic mass is 10.0. The van der Waals surface area contributed by atoms with Crippen molar-refractivity contribution >= 4 is 0 Å². The third-order valence-corrected chi connectivity index (χ3v) is 2.51. The molecule has 1 rings (SSSR count). The summed E-state index contributed by atoms with van der Waals surface area (Å²) in [6, 6.07) is 10.4. The molecule has 3 N–H and O–H groups in total. The molecule has 84 valence electrons. The van der Waals surface area contributed by atoms with E-state index in [2.05, 4.69) is 17.6 Å². The van der Waals surface area contributed by atoms with E-state index in [-0.39, 0.29) is 12.1 Å². The third-order valence-electron chi connectivity index (χ3n) is 2.51. The van der Waals surface area contributed by atoms with Crippen LogP contribution in [0.2, 0.25) is 0 Å². The quantitative estimate of drug-likeness (QED) is 0.550. The molecular weight excluding hydrogens is 188 g/mol. The molecular formula is C12H20N2O. The highest BCUT2D eigenvalue weighted by molar-refractivity contribution is 5.16. The molecule has 15 heavy (non-hydrogen) atoms. The zero-order valence-corrected chi connectivity index (χ0v) is 9.44. The maximum Gasteiger partial charge on any atom is 0.0716 e. The Kier molecular flexibility index (Phi) is 5.32. The van der Waals surface area contributed by atoms with Crippen LogP contribution < -0.4 is 11.3 Å². The highest BCUT2D eigenvalue weighted by Crippen LogP contribution is 2.07. The first-order chi connectivity index (χ1) is 7.27. The Morgan fingerprint density at radius 2 is 2.00 bits per heavy atom. The minimum Gasteiger partial charge on any atom is -0.377 e. The molecule has 0 bridgehead atoms. The van der Waals surface area contributed by atoms with Crippen LogP contribution in [-0.2, 0) is 11.2 Å². The van der Waals surface area contributed by atoms with Gasteiger partial charge in [-0.15, -0.1) is 0 Å². The van der Waals surface area contributed by atoms with E-state index in [1.807, 2.05) is 32.0 Å². The van der Waals surface area contributed by atoms with Crippen molar-refractivity contribution in [1.29, 1.82) is 0 Å². The molecule has 1 aromatic rings. The SMILES string of the molecule is CCOC(C)C(Cc1ccccc1)NN. The van der Waals surface area contributed by atoms with Crippen molar-refractivity contribution in [3.05, 3.63) is 35.9 Å². The second kappa shape index (κ2) is 6.56. The lowest BCUT2D eigenvalue weighted by Crippen LogP contribution is -2.45. The van der Waals surface area contributed by atoms with Gasteiger partial charge in [0.2, 0.25) is 0 Å². The van der Waals surface area contributed by atoms with E-state index in [9.17, 15) is 0 Å². The highest BCUT2D eigenvalue weighted by Gasteiger charge is 2.15. The number of benzene rings is 1. The zero-order chi connectivity index (χ0) is 11.1. The van der Waals surface area contributed by atoms with Gasteiger partial charge in [0.05, 0.1) is 12.1 Å². The summed E-state index contributed by atoms with van der Waals surface area (Å²) in [6.45, 7) is 4.75. The molecule has 0 fully saturated rings. The molecule has 2 unspecified atom stereocenters. The molecule has 3 heteroatoms. The van der Waals surface area contributed by atoms with E-state index in [1.165, 1.54) is 5.56 Å². The summed E-state index contributed by atoms with van der Waals surface area (Å²) in [7, 11) is 0. The topological polar surface area (TPSA) is 47.3 Å². The first-order valence-corrected chi connectivity index (χ1v) is 5.39. The summed E-state index contributed by atoms with van der Waals surface area (Å²) in [5, 5.41) is 0. The lowest BCUT2D eigenvalue weighted by molar-refractivity contribution is 0.0476. The second-order valence-electron chi connectivity index (χ2n) is 3.62. The summed E-state index contributed by atoms with van der Waals surface area (Å²) in [5.41, 5.74) is 4.08. The van der Waals surface area contributed by atoms with Crippen LogP contribution in [0.3, 0.4) is 0 Å². The fraction of sp³-hybridized carbons (Fsp3) is 0.500. The molecule has 0 radical (unpaired) electrons. The Morgan fingerprint density at radius 3 is 2.53 bits per heavy atom. The summed E-state index contributed by atoms with van der Waals surface area (Å²) in [5.74, 6) is 5.52. The van der Waals surface area contributed by atoms with Gasteiger partial charge in [-0.2, -0.15) is 0 Å². The molecule has 0 heterocycles. The van der Waals surface area contributed by atoms with E-state index in [4.69, 9.17) is 10.6 Å². The van der Waals surface area contributed by atoms with Crippen molar-refractivity contribution in [3.8, 4) is 0 Å². The molecule has 0 aliphatic rings. The minimum absolute atomic E-state index is 0.125. The fourth-order valence-corrected chi connectivity index (χ4v) is 1.61. The molecule has 2 atom stereocenters. The Morgan fingerprint density at radius 1 is 1.33 bits per heavy atom. The van der Waals surface area contributed by atoms with Gasteiger partial charge in [-0.05, 0) is 25.8 Å². The predicted octanol–water partition coefficient (Wildman–Crippen LogP) is 1.49. The first kappa shape index (κ1) is 12.2. The maximum absolute atomic E-state index is 5.52. The van der Waals surface area contributed by atoms with Crippen molar-refractivity contribution in [2.45, 2.75) is 32.4 Å². The van der Waals surface area contributed by atoms with E-state index < -0.39 is 0 Å². The first-order valence-electron chi connectivity index (χ1n) is 5.39. The second-order valence-corrected chi connectivity index (χ2v) is 3.62. The Balaban J connectivity index is 2.53. The van der Waals surface area contributed by atoms with E-state index in [0.717, 1.165) is 6.42 Å². The van der Waals surface area contributed by atoms with E-state index in [0.29, 0.717) is 6.61 Å². The maximum atomic E-state index is 5.52. The average molecular weight is 208 g/mol. The van der Waals surface area contributed by atoms with Crippen molar-refractivity contribution in [1.82, 2.24) is 5.43 Å². The fourth-order valence-electron chi connectivity index (χ4n) is 1.61. The van der Waals surface area contributed by atoms with E-state index >= 15 is 0 Å². The molecule has 0 amide bonds. The summed E-state index contributed by atoms with van der Waals surface area (Å²) < 4.78 is 5.52. The predicted molar refractivity (Wildman–Crippen MR) is 62.3 cm³/mol. The lowest BCUT2D eigenvalue weighted by Gasteiger charge is -2.23. The van der Waals surface area contributed by atoms with Crippen LogP contribution in [-0.4, -0.2) is 18.8 Å². The van der Waals surface area contributed by atoms with Gasteiger partial charge in [0.1, 0.15) is 0 Å². The number of ether oxygens (including phenoxy) is 1. The summed E-state index contributed by atoms with van der Waals surface area (Å²) in [6.07, 6.45) is 1.01. The minimum atomic E-state index is 0.125. The molecule has 0 spiro atoms. The number of nitrogens with two attached hydrogens (primary N) is 1. The number of rotatable bonds is 6. The summed E-state index contributed by atoms with van der Waals surface area (Å²) in [4.78, 5) is 0. The third kappa shape index (κ3) is 4.00. The van der Waals surface area contributed by atoms with Crippen LogP contribution in [0.1, 0.15) is 19.4 Å².